The van der Waals surface area contributed by atoms with E-state index in [1.165, 1.54) is 43.4 Å². The van der Waals surface area contributed by atoms with Crippen molar-refractivity contribution in [2.45, 2.75) is 57.2 Å². The molecule has 0 radical (unpaired) electrons. The molecule has 0 bridgehead atoms. The average Bonchev–Trinajstić information content (AvgIpc) is 2.57. The maximum absolute atomic E-state index is 6.30. The third kappa shape index (κ3) is 2.08. The molecule has 2 nitrogen and oxygen atoms in total. The standard InChI is InChI=1S/C16H24N2/c1-12-7-3-2-6-10-18(12)16-11-15(17)13-8-4-5-9-14(13)16/h4-5,8-9,12,15-16H,2-3,6-7,10-11,17H2,1H3. The normalized spacial score (nSPS) is 33.1. The molecule has 1 aromatic rings. The summed E-state index contributed by atoms with van der Waals surface area (Å²) in [5.74, 6) is 0. The van der Waals surface area contributed by atoms with Crippen LogP contribution >= 0.6 is 0 Å². The smallest absolute Gasteiger partial charge is 0.0372 e. The first-order chi connectivity index (χ1) is 8.77. The van der Waals surface area contributed by atoms with Gasteiger partial charge in [0.2, 0.25) is 0 Å². The molecule has 1 heterocycles. The van der Waals surface area contributed by atoms with E-state index in [4.69, 9.17) is 5.73 Å². The van der Waals surface area contributed by atoms with Gasteiger partial charge in [-0.25, -0.2) is 0 Å². The van der Waals surface area contributed by atoms with Crippen LogP contribution in [0.2, 0.25) is 0 Å². The van der Waals surface area contributed by atoms with Crippen LogP contribution in [0.25, 0.3) is 0 Å². The van der Waals surface area contributed by atoms with Crippen LogP contribution in [0, 0.1) is 0 Å². The van der Waals surface area contributed by atoms with Crippen molar-refractivity contribution in [3.8, 4) is 0 Å². The summed E-state index contributed by atoms with van der Waals surface area (Å²) in [6.07, 6.45) is 6.56. The highest BCUT2D eigenvalue weighted by atomic mass is 15.2. The van der Waals surface area contributed by atoms with Crippen LogP contribution < -0.4 is 5.73 Å². The first-order valence-corrected chi connectivity index (χ1v) is 7.37. The lowest BCUT2D eigenvalue weighted by atomic mass is 10.0. The zero-order valence-electron chi connectivity index (χ0n) is 11.3. The zero-order chi connectivity index (χ0) is 12.5. The van der Waals surface area contributed by atoms with E-state index < -0.39 is 0 Å². The van der Waals surface area contributed by atoms with Crippen molar-refractivity contribution in [3.05, 3.63) is 35.4 Å². The van der Waals surface area contributed by atoms with Crippen LogP contribution in [0.1, 0.15) is 62.2 Å². The third-order valence-electron chi connectivity index (χ3n) is 4.74. The molecule has 3 atom stereocenters. The maximum atomic E-state index is 6.30. The Bertz CT molecular complexity index is 415. The average molecular weight is 244 g/mol. The second kappa shape index (κ2) is 5.02. The Kier molecular flexibility index (Phi) is 3.40. The maximum Gasteiger partial charge on any atom is 0.0372 e. The second-order valence-electron chi connectivity index (χ2n) is 5.92. The first kappa shape index (κ1) is 12.2. The van der Waals surface area contributed by atoms with Crippen LogP contribution in [0.4, 0.5) is 0 Å². The number of fused-ring (bicyclic) bond motifs is 1. The second-order valence-corrected chi connectivity index (χ2v) is 5.92. The summed E-state index contributed by atoms with van der Waals surface area (Å²) in [6, 6.07) is 10.3. The van der Waals surface area contributed by atoms with Crippen molar-refractivity contribution in [2.75, 3.05) is 6.54 Å². The van der Waals surface area contributed by atoms with Gasteiger partial charge in [-0.2, -0.15) is 0 Å². The molecule has 0 amide bonds. The topological polar surface area (TPSA) is 29.3 Å². The predicted octanol–water partition coefficient (Wildman–Crippen LogP) is 3.40. The van der Waals surface area contributed by atoms with Crippen LogP contribution in [-0.2, 0) is 0 Å². The molecule has 0 saturated carbocycles. The number of nitrogens with zero attached hydrogens (tertiary/aromatic N) is 1. The van der Waals surface area contributed by atoms with E-state index in [0.717, 1.165) is 6.42 Å². The van der Waals surface area contributed by atoms with E-state index >= 15 is 0 Å². The molecule has 0 aromatic heterocycles. The molecule has 1 saturated heterocycles. The van der Waals surface area contributed by atoms with E-state index in [9.17, 15) is 0 Å². The lowest BCUT2D eigenvalue weighted by Crippen LogP contribution is -2.35. The summed E-state index contributed by atoms with van der Waals surface area (Å²) in [5, 5.41) is 0. The van der Waals surface area contributed by atoms with Crippen LogP contribution in [-0.4, -0.2) is 17.5 Å². The highest BCUT2D eigenvalue weighted by molar-refractivity contribution is 5.37. The van der Waals surface area contributed by atoms with E-state index in [-0.39, 0.29) is 6.04 Å². The van der Waals surface area contributed by atoms with Gasteiger partial charge in [-0.3, -0.25) is 4.90 Å². The molecule has 1 fully saturated rings. The van der Waals surface area contributed by atoms with Gasteiger partial charge in [-0.1, -0.05) is 37.1 Å². The minimum Gasteiger partial charge on any atom is -0.324 e. The third-order valence-corrected chi connectivity index (χ3v) is 4.74. The Hall–Kier alpha value is -0.860. The number of likely N-dealkylation sites (tertiary alicyclic amines) is 1. The molecule has 1 aromatic carbocycles. The first-order valence-electron chi connectivity index (χ1n) is 7.37. The number of hydrogen-bond acceptors (Lipinski definition) is 2. The Morgan fingerprint density at radius 2 is 1.89 bits per heavy atom. The van der Waals surface area contributed by atoms with E-state index in [1.807, 2.05) is 0 Å². The van der Waals surface area contributed by atoms with Gasteiger partial charge >= 0.3 is 0 Å². The minimum atomic E-state index is 0.238. The largest absolute Gasteiger partial charge is 0.324 e. The lowest BCUT2D eigenvalue weighted by Gasteiger charge is -2.33. The molecule has 3 unspecified atom stereocenters. The molecule has 98 valence electrons. The van der Waals surface area contributed by atoms with Crippen LogP contribution in [0.15, 0.2) is 24.3 Å². The van der Waals surface area contributed by atoms with Crippen molar-refractivity contribution in [1.29, 1.82) is 0 Å². The van der Waals surface area contributed by atoms with Gasteiger partial charge in [-0.15, -0.1) is 0 Å². The molecular weight excluding hydrogens is 220 g/mol. The monoisotopic (exact) mass is 244 g/mol. The van der Waals surface area contributed by atoms with Gasteiger partial charge in [0, 0.05) is 18.1 Å². The van der Waals surface area contributed by atoms with Gasteiger partial charge in [0.15, 0.2) is 0 Å². The fourth-order valence-corrected chi connectivity index (χ4v) is 3.72. The Morgan fingerprint density at radius 1 is 1.11 bits per heavy atom. The molecule has 1 aliphatic heterocycles. The summed E-state index contributed by atoms with van der Waals surface area (Å²) in [4.78, 5) is 2.71. The summed E-state index contributed by atoms with van der Waals surface area (Å²) in [6.45, 7) is 3.63. The Morgan fingerprint density at radius 3 is 2.72 bits per heavy atom. The quantitative estimate of drug-likeness (QED) is 0.820. The van der Waals surface area contributed by atoms with Crippen molar-refractivity contribution in [2.24, 2.45) is 5.73 Å². The summed E-state index contributed by atoms with van der Waals surface area (Å²) >= 11 is 0. The Labute approximate surface area is 110 Å². The zero-order valence-corrected chi connectivity index (χ0v) is 11.3. The summed E-state index contributed by atoms with van der Waals surface area (Å²) < 4.78 is 0. The number of hydrogen-bond donors (Lipinski definition) is 1. The highest BCUT2D eigenvalue weighted by Gasteiger charge is 2.34. The SMILES string of the molecule is CC1CCCCCN1C1CC(N)c2ccccc21. The van der Waals surface area contributed by atoms with Gasteiger partial charge in [0.05, 0.1) is 0 Å². The van der Waals surface area contributed by atoms with Crippen LogP contribution in [0.3, 0.4) is 0 Å². The number of nitrogens with two attached hydrogens (primary N) is 1. The summed E-state index contributed by atoms with van der Waals surface area (Å²) in [5.41, 5.74) is 9.16. The van der Waals surface area contributed by atoms with Gasteiger partial charge < -0.3 is 5.73 Å². The molecule has 2 heteroatoms. The van der Waals surface area contributed by atoms with Crippen molar-refractivity contribution < 1.29 is 0 Å². The van der Waals surface area contributed by atoms with Crippen LogP contribution in [0.5, 0.6) is 0 Å². The molecule has 0 spiro atoms. The number of benzene rings is 1. The van der Waals surface area contributed by atoms with Crippen molar-refractivity contribution in [1.82, 2.24) is 4.90 Å². The minimum absolute atomic E-state index is 0.238. The fraction of sp³-hybridized carbons (Fsp3) is 0.625. The van der Waals surface area contributed by atoms with E-state index in [1.54, 1.807) is 0 Å². The predicted molar refractivity (Wildman–Crippen MR) is 75.4 cm³/mol. The van der Waals surface area contributed by atoms with Gasteiger partial charge in [-0.05, 0) is 43.9 Å². The molecule has 2 aliphatic rings. The summed E-state index contributed by atoms with van der Waals surface area (Å²) in [7, 11) is 0. The molecule has 18 heavy (non-hydrogen) atoms. The molecular formula is C16H24N2. The molecule has 2 N–H and O–H groups in total. The van der Waals surface area contributed by atoms with Gasteiger partial charge in [0.25, 0.3) is 0 Å². The highest BCUT2D eigenvalue weighted by Crippen LogP contribution is 2.42. The van der Waals surface area contributed by atoms with Crippen molar-refractivity contribution in [3.63, 3.8) is 0 Å². The molecule has 3 rings (SSSR count). The lowest BCUT2D eigenvalue weighted by molar-refractivity contribution is 0.143. The van der Waals surface area contributed by atoms with Crippen molar-refractivity contribution >= 4 is 0 Å². The van der Waals surface area contributed by atoms with E-state index in [0.29, 0.717) is 12.1 Å². The van der Waals surface area contributed by atoms with E-state index in [2.05, 4.69) is 36.1 Å². The number of rotatable bonds is 1. The van der Waals surface area contributed by atoms with Gasteiger partial charge in [0.1, 0.15) is 0 Å². The molecule has 1 aliphatic carbocycles. The Balaban J connectivity index is 1.89. The fourth-order valence-electron chi connectivity index (χ4n) is 3.72.